The Morgan fingerprint density at radius 2 is 0.647 bits per heavy atom. The van der Waals surface area contributed by atoms with Crippen molar-refractivity contribution < 1.29 is 37.6 Å². The van der Waals surface area contributed by atoms with Gasteiger partial charge in [0.25, 0.3) is 0 Å². The first kappa shape index (κ1) is 82.5. The average Bonchev–Trinajstić information content (AvgIpc) is 3.52. The van der Waals surface area contributed by atoms with Gasteiger partial charge < -0.3 is 20.1 Å². The van der Waals surface area contributed by atoms with E-state index >= 15 is 0 Å². The Bertz CT molecular complexity index is 1620. The summed E-state index contributed by atoms with van der Waals surface area (Å²) in [7, 11) is -4.39. The fourth-order valence-electron chi connectivity index (χ4n) is 10.7. The maximum atomic E-state index is 12.8. The topological polar surface area (TPSA) is 134 Å². The average molecular weight is 1210 g/mol. The minimum absolute atomic E-state index is 0.0539. The molecule has 3 N–H and O–H groups in total. The van der Waals surface area contributed by atoms with Gasteiger partial charge in [0.2, 0.25) is 0 Å². The second-order valence-electron chi connectivity index (χ2n) is 24.4. The minimum Gasteiger partial charge on any atom is -0.462 e. The summed E-state index contributed by atoms with van der Waals surface area (Å²) >= 11 is 0. The first-order valence-electron chi connectivity index (χ1n) is 36.4. The number of carbonyl (C=O) groups is 2. The number of phosphoric ester groups is 1. The number of allylic oxidation sites excluding steroid dienone is 12. The van der Waals surface area contributed by atoms with Crippen molar-refractivity contribution in [1.29, 1.82) is 0 Å². The van der Waals surface area contributed by atoms with E-state index in [1.807, 2.05) is 0 Å². The third kappa shape index (κ3) is 70.4. The number of carbonyl (C=O) groups excluding carboxylic acids is 2. The minimum atomic E-state index is -4.39. The highest BCUT2D eigenvalue weighted by Crippen LogP contribution is 2.43. The van der Waals surface area contributed by atoms with E-state index in [1.54, 1.807) is 0 Å². The highest BCUT2D eigenvalue weighted by molar-refractivity contribution is 7.47. The Balaban J connectivity index is 3.76. The molecule has 0 fully saturated rings. The van der Waals surface area contributed by atoms with Crippen molar-refractivity contribution in [3.8, 4) is 0 Å². The molecule has 10 heteroatoms. The lowest BCUT2D eigenvalue weighted by atomic mass is 10.0. The van der Waals surface area contributed by atoms with E-state index in [0.29, 0.717) is 6.42 Å². The van der Waals surface area contributed by atoms with Gasteiger partial charge in [-0.3, -0.25) is 18.6 Å². The molecule has 0 radical (unpaired) electrons. The van der Waals surface area contributed by atoms with Crippen molar-refractivity contribution >= 4 is 19.8 Å². The Labute approximate surface area is 526 Å². The molecule has 85 heavy (non-hydrogen) atoms. The van der Waals surface area contributed by atoms with Crippen LogP contribution in [0.2, 0.25) is 0 Å². The van der Waals surface area contributed by atoms with Gasteiger partial charge in [-0.15, -0.1) is 0 Å². The summed E-state index contributed by atoms with van der Waals surface area (Å²) in [4.78, 5) is 35.4. The fourth-order valence-corrected chi connectivity index (χ4v) is 11.5. The molecule has 2 atom stereocenters. The molecule has 0 saturated carbocycles. The summed E-state index contributed by atoms with van der Waals surface area (Å²) in [6.45, 7) is 3.67. The summed E-state index contributed by atoms with van der Waals surface area (Å²) in [5.41, 5.74) is 5.40. The predicted octanol–water partition coefficient (Wildman–Crippen LogP) is 24.0. The molecule has 496 valence electrons. The second-order valence-corrected chi connectivity index (χ2v) is 25.9. The number of nitrogens with two attached hydrogens (primary N) is 1. The molecule has 0 saturated heterocycles. The first-order chi connectivity index (χ1) is 41.8. The number of ether oxygens (including phenoxy) is 2. The molecular formula is C75H138NO8P. The highest BCUT2D eigenvalue weighted by Gasteiger charge is 2.26. The molecule has 0 aromatic carbocycles. The van der Waals surface area contributed by atoms with Crippen LogP contribution in [0.15, 0.2) is 72.9 Å². The molecule has 0 amide bonds. The zero-order valence-electron chi connectivity index (χ0n) is 55.8. The van der Waals surface area contributed by atoms with Gasteiger partial charge >= 0.3 is 19.8 Å². The van der Waals surface area contributed by atoms with E-state index in [4.69, 9.17) is 24.3 Å². The number of rotatable bonds is 69. The maximum Gasteiger partial charge on any atom is 0.472 e. The maximum absolute atomic E-state index is 12.8. The summed E-state index contributed by atoms with van der Waals surface area (Å²) in [6, 6.07) is 0. The molecule has 0 bridgehead atoms. The molecule has 0 aliphatic carbocycles. The van der Waals surface area contributed by atoms with Gasteiger partial charge in [0.15, 0.2) is 6.10 Å². The smallest absolute Gasteiger partial charge is 0.462 e. The van der Waals surface area contributed by atoms with Crippen LogP contribution in [-0.2, 0) is 32.7 Å². The lowest BCUT2D eigenvalue weighted by molar-refractivity contribution is -0.161. The zero-order chi connectivity index (χ0) is 61.6. The van der Waals surface area contributed by atoms with Crippen molar-refractivity contribution in [2.24, 2.45) is 5.73 Å². The zero-order valence-corrected chi connectivity index (χ0v) is 56.7. The molecule has 0 aromatic rings. The largest absolute Gasteiger partial charge is 0.472 e. The van der Waals surface area contributed by atoms with Crippen LogP contribution in [0.3, 0.4) is 0 Å². The van der Waals surface area contributed by atoms with E-state index in [1.165, 1.54) is 263 Å². The van der Waals surface area contributed by atoms with Crippen molar-refractivity contribution in [2.75, 3.05) is 26.4 Å². The monoisotopic (exact) mass is 1210 g/mol. The lowest BCUT2D eigenvalue weighted by Crippen LogP contribution is -2.29. The van der Waals surface area contributed by atoms with Crippen LogP contribution in [0.25, 0.3) is 0 Å². The van der Waals surface area contributed by atoms with Gasteiger partial charge in [0.1, 0.15) is 6.61 Å². The molecule has 9 nitrogen and oxygen atoms in total. The van der Waals surface area contributed by atoms with Crippen molar-refractivity contribution in [1.82, 2.24) is 0 Å². The summed E-state index contributed by atoms with van der Waals surface area (Å²) in [5, 5.41) is 0. The van der Waals surface area contributed by atoms with Crippen LogP contribution in [-0.4, -0.2) is 49.3 Å². The summed E-state index contributed by atoms with van der Waals surface area (Å²) in [5.74, 6) is -0.813. The Hall–Kier alpha value is -2.55. The van der Waals surface area contributed by atoms with Crippen LogP contribution in [0.4, 0.5) is 0 Å². The van der Waals surface area contributed by atoms with Crippen LogP contribution in [0.1, 0.15) is 361 Å². The molecule has 0 heterocycles. The van der Waals surface area contributed by atoms with Gasteiger partial charge in [-0.2, -0.15) is 0 Å². The first-order valence-corrected chi connectivity index (χ1v) is 37.9. The predicted molar refractivity (Wildman–Crippen MR) is 367 cm³/mol. The molecule has 0 aliphatic rings. The van der Waals surface area contributed by atoms with E-state index < -0.39 is 26.5 Å². The highest BCUT2D eigenvalue weighted by atomic mass is 31.2. The van der Waals surface area contributed by atoms with Gasteiger partial charge in [-0.25, -0.2) is 4.57 Å². The summed E-state index contributed by atoms with van der Waals surface area (Å²) < 4.78 is 33.2. The van der Waals surface area contributed by atoms with E-state index in [0.717, 1.165) is 64.2 Å². The Morgan fingerprint density at radius 3 is 0.965 bits per heavy atom. The van der Waals surface area contributed by atoms with Gasteiger partial charge in [0, 0.05) is 19.4 Å². The van der Waals surface area contributed by atoms with Gasteiger partial charge in [-0.1, -0.05) is 337 Å². The van der Waals surface area contributed by atoms with E-state index in [2.05, 4.69) is 86.8 Å². The molecule has 0 aromatic heterocycles. The Kier molecular flexibility index (Phi) is 68.4. The quantitative estimate of drug-likeness (QED) is 0.0264. The van der Waals surface area contributed by atoms with E-state index in [9.17, 15) is 19.0 Å². The van der Waals surface area contributed by atoms with Gasteiger partial charge in [-0.05, 0) is 83.5 Å². The van der Waals surface area contributed by atoms with Crippen LogP contribution in [0.5, 0.6) is 0 Å². The van der Waals surface area contributed by atoms with Gasteiger partial charge in [0.05, 0.1) is 13.2 Å². The molecule has 0 aliphatic heterocycles. The second kappa shape index (κ2) is 70.5. The number of phosphoric acid groups is 1. The van der Waals surface area contributed by atoms with Crippen LogP contribution in [0, 0.1) is 0 Å². The number of hydrogen-bond acceptors (Lipinski definition) is 8. The number of unbranched alkanes of at least 4 members (excludes halogenated alkanes) is 44. The standard InChI is InChI=1S/C75H138NO8P/c1-3-5-7-9-11-13-15-17-19-21-23-25-27-28-29-30-31-32-33-34-35-36-37-38-39-40-41-42-43-44-46-48-50-52-54-56-58-60-62-64-66-68-75(78)84-73(72-83-85(79,80)82-70-69-76)71-81-74(77)67-65-63-61-59-57-55-53-51-49-47-45-26-24-22-20-18-16-14-12-10-8-6-4-2/h5,7,11,13,16-19,22-25,73H,3-4,6,8-10,12,14-15,20-21,26-72,76H2,1-2H3,(H,79,80)/b7-5-,13-11-,18-16-,19-17-,24-22-,25-23-. The van der Waals surface area contributed by atoms with Crippen LogP contribution >= 0.6 is 7.82 Å². The lowest BCUT2D eigenvalue weighted by Gasteiger charge is -2.19. The molecule has 2 unspecified atom stereocenters. The molecule has 0 rings (SSSR count). The SMILES string of the molecule is CC/C=C\C/C=C\C/C=C\C/C=C\CCCCCCCCCCCCCCCCCCCCCCCCCCCCCCC(=O)OC(COC(=O)CCCCCCCCCCCCC/C=C\C/C=C\CCCCCCC)COP(=O)(O)OCCN. The summed E-state index contributed by atoms with van der Waals surface area (Å²) in [6.07, 6.45) is 93.1. The third-order valence-electron chi connectivity index (χ3n) is 16.1. The van der Waals surface area contributed by atoms with Crippen LogP contribution < -0.4 is 5.73 Å². The number of hydrogen-bond donors (Lipinski definition) is 2. The normalized spacial score (nSPS) is 13.3. The molecular weight excluding hydrogens is 1070 g/mol. The van der Waals surface area contributed by atoms with Crippen molar-refractivity contribution in [3.63, 3.8) is 0 Å². The third-order valence-corrected chi connectivity index (χ3v) is 17.1. The fraction of sp³-hybridized carbons (Fsp3) is 0.813. The molecule has 0 spiro atoms. The van der Waals surface area contributed by atoms with Crippen molar-refractivity contribution in [3.05, 3.63) is 72.9 Å². The Morgan fingerprint density at radius 1 is 0.365 bits per heavy atom. The number of esters is 2. The van der Waals surface area contributed by atoms with E-state index in [-0.39, 0.29) is 38.6 Å². The van der Waals surface area contributed by atoms with Crippen molar-refractivity contribution in [2.45, 2.75) is 367 Å².